The standard InChI is InChI=1S/C17H22F2N4/c1-14-20-2-3-23(14)9-8-21-4-6-22(7-5-21)13-15-10-16(18)12-17(19)11-15/h2-3,10-12H,4-9,13H2,1H3. The highest BCUT2D eigenvalue weighted by Crippen LogP contribution is 2.12. The molecule has 23 heavy (non-hydrogen) atoms. The molecule has 0 bridgehead atoms. The van der Waals surface area contributed by atoms with E-state index >= 15 is 0 Å². The molecule has 1 aromatic carbocycles. The van der Waals surface area contributed by atoms with E-state index in [1.54, 1.807) is 0 Å². The van der Waals surface area contributed by atoms with Crippen molar-refractivity contribution in [2.24, 2.45) is 0 Å². The minimum atomic E-state index is -0.505. The SMILES string of the molecule is Cc1nccn1CCN1CCN(Cc2cc(F)cc(F)c2)CC1. The van der Waals surface area contributed by atoms with Crippen LogP contribution in [-0.2, 0) is 13.1 Å². The van der Waals surface area contributed by atoms with Crippen molar-refractivity contribution in [3.63, 3.8) is 0 Å². The van der Waals surface area contributed by atoms with Gasteiger partial charge in [-0.2, -0.15) is 0 Å². The molecule has 1 fully saturated rings. The summed E-state index contributed by atoms with van der Waals surface area (Å²) >= 11 is 0. The molecule has 1 saturated heterocycles. The molecule has 2 heterocycles. The summed E-state index contributed by atoms with van der Waals surface area (Å²) < 4.78 is 28.6. The number of halogens is 2. The highest BCUT2D eigenvalue weighted by Gasteiger charge is 2.17. The van der Waals surface area contributed by atoms with E-state index in [0.717, 1.165) is 51.2 Å². The molecule has 1 aliphatic rings. The van der Waals surface area contributed by atoms with Crippen molar-refractivity contribution in [3.8, 4) is 0 Å². The lowest BCUT2D eigenvalue weighted by Gasteiger charge is -2.34. The van der Waals surface area contributed by atoms with E-state index in [2.05, 4.69) is 19.4 Å². The van der Waals surface area contributed by atoms with Crippen LogP contribution in [0.1, 0.15) is 11.4 Å². The zero-order chi connectivity index (χ0) is 16.2. The van der Waals surface area contributed by atoms with Gasteiger partial charge in [0, 0.05) is 64.3 Å². The summed E-state index contributed by atoms with van der Waals surface area (Å²) in [5.74, 6) is 0.0282. The lowest BCUT2D eigenvalue weighted by atomic mass is 10.2. The van der Waals surface area contributed by atoms with Crippen LogP contribution in [0, 0.1) is 18.6 Å². The summed E-state index contributed by atoms with van der Waals surface area (Å²) in [7, 11) is 0. The van der Waals surface area contributed by atoms with Gasteiger partial charge in [0.1, 0.15) is 17.5 Å². The predicted molar refractivity (Wildman–Crippen MR) is 85.0 cm³/mol. The Morgan fingerprint density at radius 2 is 1.61 bits per heavy atom. The van der Waals surface area contributed by atoms with Crippen LogP contribution >= 0.6 is 0 Å². The third kappa shape index (κ3) is 4.36. The van der Waals surface area contributed by atoms with Gasteiger partial charge in [-0.25, -0.2) is 13.8 Å². The Balaban J connectivity index is 1.45. The number of hydrogen-bond donors (Lipinski definition) is 0. The fourth-order valence-electron chi connectivity index (χ4n) is 3.02. The van der Waals surface area contributed by atoms with Crippen LogP contribution in [0.15, 0.2) is 30.6 Å². The number of hydrogen-bond acceptors (Lipinski definition) is 3. The van der Waals surface area contributed by atoms with Crippen molar-refractivity contribution in [2.45, 2.75) is 20.0 Å². The maximum Gasteiger partial charge on any atom is 0.126 e. The number of benzene rings is 1. The van der Waals surface area contributed by atoms with E-state index in [9.17, 15) is 8.78 Å². The second-order valence-electron chi connectivity index (χ2n) is 6.06. The van der Waals surface area contributed by atoms with Crippen molar-refractivity contribution in [1.29, 1.82) is 0 Å². The first kappa shape index (κ1) is 16.1. The van der Waals surface area contributed by atoms with Crippen LogP contribution in [0.4, 0.5) is 8.78 Å². The fourth-order valence-corrected chi connectivity index (χ4v) is 3.02. The largest absolute Gasteiger partial charge is 0.334 e. The van der Waals surface area contributed by atoms with E-state index in [-0.39, 0.29) is 0 Å². The van der Waals surface area contributed by atoms with Crippen LogP contribution in [0.25, 0.3) is 0 Å². The molecule has 0 aliphatic carbocycles. The first-order valence-corrected chi connectivity index (χ1v) is 7.97. The first-order chi connectivity index (χ1) is 11.1. The van der Waals surface area contributed by atoms with E-state index in [1.165, 1.54) is 12.1 Å². The summed E-state index contributed by atoms with van der Waals surface area (Å²) in [6.45, 7) is 8.35. The minimum Gasteiger partial charge on any atom is -0.334 e. The molecule has 0 unspecified atom stereocenters. The lowest BCUT2D eigenvalue weighted by molar-refractivity contribution is 0.124. The molecule has 3 rings (SSSR count). The van der Waals surface area contributed by atoms with Gasteiger partial charge in [0.15, 0.2) is 0 Å². The molecule has 0 radical (unpaired) electrons. The van der Waals surface area contributed by atoms with Crippen molar-refractivity contribution < 1.29 is 8.78 Å². The van der Waals surface area contributed by atoms with Crippen LogP contribution < -0.4 is 0 Å². The zero-order valence-corrected chi connectivity index (χ0v) is 13.4. The van der Waals surface area contributed by atoms with Crippen molar-refractivity contribution >= 4 is 0 Å². The molecule has 0 saturated carbocycles. The minimum absolute atomic E-state index is 0.505. The Morgan fingerprint density at radius 3 is 2.22 bits per heavy atom. The second kappa shape index (κ2) is 7.19. The Morgan fingerprint density at radius 1 is 0.957 bits per heavy atom. The van der Waals surface area contributed by atoms with Gasteiger partial charge in [-0.15, -0.1) is 0 Å². The fraction of sp³-hybridized carbons (Fsp3) is 0.471. The molecule has 0 atom stereocenters. The van der Waals surface area contributed by atoms with Gasteiger partial charge in [-0.3, -0.25) is 9.80 Å². The molecule has 4 nitrogen and oxygen atoms in total. The number of rotatable bonds is 5. The first-order valence-electron chi connectivity index (χ1n) is 7.97. The summed E-state index contributed by atoms with van der Waals surface area (Å²) in [6, 6.07) is 3.74. The van der Waals surface area contributed by atoms with E-state index in [0.29, 0.717) is 12.1 Å². The Labute approximate surface area is 135 Å². The van der Waals surface area contributed by atoms with Crippen LogP contribution in [0.2, 0.25) is 0 Å². The molecule has 2 aromatic rings. The maximum absolute atomic E-state index is 13.2. The highest BCUT2D eigenvalue weighted by atomic mass is 19.1. The average Bonchev–Trinajstić information content (AvgIpc) is 2.91. The van der Waals surface area contributed by atoms with Gasteiger partial charge in [-0.1, -0.05) is 0 Å². The van der Waals surface area contributed by atoms with Gasteiger partial charge in [0.2, 0.25) is 0 Å². The van der Waals surface area contributed by atoms with Gasteiger partial charge < -0.3 is 4.57 Å². The maximum atomic E-state index is 13.2. The van der Waals surface area contributed by atoms with Gasteiger partial charge in [0.25, 0.3) is 0 Å². The van der Waals surface area contributed by atoms with E-state index < -0.39 is 11.6 Å². The van der Waals surface area contributed by atoms with Crippen LogP contribution in [0.3, 0.4) is 0 Å². The zero-order valence-electron chi connectivity index (χ0n) is 13.4. The average molecular weight is 320 g/mol. The van der Waals surface area contributed by atoms with Crippen molar-refractivity contribution in [3.05, 3.63) is 53.6 Å². The van der Waals surface area contributed by atoms with Crippen molar-refractivity contribution in [2.75, 3.05) is 32.7 Å². The van der Waals surface area contributed by atoms with Crippen molar-refractivity contribution in [1.82, 2.24) is 19.4 Å². The molecular formula is C17H22F2N4. The molecule has 0 spiro atoms. The number of aryl methyl sites for hydroxylation is 1. The quantitative estimate of drug-likeness (QED) is 0.845. The summed E-state index contributed by atoms with van der Waals surface area (Å²) in [6.07, 6.45) is 3.83. The van der Waals surface area contributed by atoms with Crippen LogP contribution in [-0.4, -0.2) is 52.1 Å². The second-order valence-corrected chi connectivity index (χ2v) is 6.06. The van der Waals surface area contributed by atoms with Gasteiger partial charge in [0.05, 0.1) is 0 Å². The number of imidazole rings is 1. The summed E-state index contributed by atoms with van der Waals surface area (Å²) in [4.78, 5) is 8.89. The van der Waals surface area contributed by atoms with Crippen LogP contribution in [0.5, 0.6) is 0 Å². The van der Waals surface area contributed by atoms with Gasteiger partial charge in [-0.05, 0) is 24.6 Å². The number of aromatic nitrogens is 2. The molecule has 0 N–H and O–H groups in total. The Hall–Kier alpha value is -1.79. The molecule has 6 heteroatoms. The van der Waals surface area contributed by atoms with E-state index in [4.69, 9.17) is 0 Å². The Kier molecular flexibility index (Phi) is 5.03. The third-order valence-electron chi connectivity index (χ3n) is 4.37. The Bertz CT molecular complexity index is 628. The molecular weight excluding hydrogens is 298 g/mol. The molecule has 1 aliphatic heterocycles. The monoisotopic (exact) mass is 320 g/mol. The normalized spacial score (nSPS) is 16.8. The van der Waals surface area contributed by atoms with Gasteiger partial charge >= 0.3 is 0 Å². The molecule has 124 valence electrons. The molecule has 0 amide bonds. The third-order valence-corrected chi connectivity index (χ3v) is 4.37. The van der Waals surface area contributed by atoms with E-state index in [1.807, 2.05) is 19.3 Å². The molecule has 1 aromatic heterocycles. The summed E-state index contributed by atoms with van der Waals surface area (Å²) in [5, 5.41) is 0. The smallest absolute Gasteiger partial charge is 0.126 e. The lowest BCUT2D eigenvalue weighted by Crippen LogP contribution is -2.46. The summed E-state index contributed by atoms with van der Waals surface area (Å²) in [5.41, 5.74) is 0.699. The number of piperazine rings is 1. The highest BCUT2D eigenvalue weighted by molar-refractivity contribution is 5.17. The predicted octanol–water partition coefficient (Wildman–Crippen LogP) is 2.29. The number of nitrogens with zero attached hydrogens (tertiary/aromatic N) is 4. The topological polar surface area (TPSA) is 24.3 Å².